The zero-order valence-corrected chi connectivity index (χ0v) is 9.99. The fraction of sp³-hybridized carbons (Fsp3) is 0.667. The van der Waals surface area contributed by atoms with Crippen molar-refractivity contribution in [2.24, 2.45) is 5.92 Å². The first-order chi connectivity index (χ1) is 7.81. The van der Waals surface area contributed by atoms with Gasteiger partial charge in [-0.1, -0.05) is 0 Å². The molecule has 1 aliphatic rings. The van der Waals surface area contributed by atoms with E-state index in [0.717, 1.165) is 30.8 Å². The predicted molar refractivity (Wildman–Crippen MR) is 62.6 cm³/mol. The first-order valence-corrected chi connectivity index (χ1v) is 5.86. The van der Waals surface area contributed by atoms with Crippen LogP contribution in [-0.2, 0) is 6.42 Å². The Morgan fingerprint density at radius 2 is 2.38 bits per heavy atom. The highest BCUT2D eigenvalue weighted by atomic mass is 16.5. The van der Waals surface area contributed by atoms with Crippen LogP contribution >= 0.6 is 0 Å². The molecular formula is C12H19N3O. The van der Waals surface area contributed by atoms with E-state index >= 15 is 0 Å². The van der Waals surface area contributed by atoms with E-state index in [0.29, 0.717) is 11.8 Å². The molecule has 1 unspecified atom stereocenters. The van der Waals surface area contributed by atoms with Crippen LogP contribution in [0.1, 0.15) is 24.1 Å². The number of methoxy groups -OCH3 is 1. The van der Waals surface area contributed by atoms with E-state index in [1.165, 1.54) is 12.8 Å². The molecule has 1 atom stereocenters. The molecule has 0 saturated carbocycles. The number of aromatic nitrogens is 2. The van der Waals surface area contributed by atoms with Crippen LogP contribution in [0.15, 0.2) is 6.33 Å². The van der Waals surface area contributed by atoms with E-state index in [4.69, 9.17) is 4.74 Å². The number of rotatable bonds is 3. The van der Waals surface area contributed by atoms with E-state index < -0.39 is 0 Å². The van der Waals surface area contributed by atoms with Crippen molar-refractivity contribution in [3.05, 3.63) is 17.6 Å². The summed E-state index contributed by atoms with van der Waals surface area (Å²) < 4.78 is 5.21. The van der Waals surface area contributed by atoms with Crippen molar-refractivity contribution in [1.82, 2.24) is 15.3 Å². The Balaban J connectivity index is 2.08. The molecule has 0 radical (unpaired) electrons. The van der Waals surface area contributed by atoms with Crippen LogP contribution in [-0.4, -0.2) is 30.2 Å². The summed E-state index contributed by atoms with van der Waals surface area (Å²) >= 11 is 0. The maximum absolute atomic E-state index is 5.21. The van der Waals surface area contributed by atoms with Gasteiger partial charge in [0.05, 0.1) is 12.8 Å². The lowest BCUT2D eigenvalue weighted by atomic mass is 9.93. The number of hydrogen-bond acceptors (Lipinski definition) is 4. The third kappa shape index (κ3) is 2.50. The maximum atomic E-state index is 5.21. The lowest BCUT2D eigenvalue weighted by Gasteiger charge is -2.22. The molecule has 0 amide bonds. The minimum atomic E-state index is 0.701. The lowest BCUT2D eigenvalue weighted by Crippen LogP contribution is -2.31. The number of nitrogens with one attached hydrogen (secondary N) is 1. The number of ether oxygens (including phenoxy) is 1. The van der Waals surface area contributed by atoms with Crippen LogP contribution in [0, 0.1) is 12.8 Å². The highest BCUT2D eigenvalue weighted by Gasteiger charge is 2.16. The molecule has 1 saturated heterocycles. The van der Waals surface area contributed by atoms with Gasteiger partial charge in [-0.05, 0) is 45.2 Å². The highest BCUT2D eigenvalue weighted by Crippen LogP contribution is 2.21. The van der Waals surface area contributed by atoms with Crippen molar-refractivity contribution in [2.45, 2.75) is 26.2 Å². The van der Waals surface area contributed by atoms with Crippen LogP contribution in [0.4, 0.5) is 0 Å². The van der Waals surface area contributed by atoms with Gasteiger partial charge in [0.25, 0.3) is 0 Å². The summed E-state index contributed by atoms with van der Waals surface area (Å²) in [5, 5.41) is 3.43. The van der Waals surface area contributed by atoms with Crippen molar-refractivity contribution in [1.29, 1.82) is 0 Å². The molecule has 2 heterocycles. The van der Waals surface area contributed by atoms with E-state index in [2.05, 4.69) is 15.3 Å². The van der Waals surface area contributed by atoms with Crippen molar-refractivity contribution < 1.29 is 4.74 Å². The van der Waals surface area contributed by atoms with Crippen LogP contribution in [0.5, 0.6) is 5.88 Å². The largest absolute Gasteiger partial charge is 0.481 e. The number of hydrogen-bond donors (Lipinski definition) is 1. The van der Waals surface area contributed by atoms with E-state index in [1.54, 1.807) is 13.4 Å². The minimum Gasteiger partial charge on any atom is -0.481 e. The standard InChI is InChI=1S/C12H19N3O/c1-9-11(14-8-15-12(9)16-2)6-10-4-3-5-13-7-10/h8,10,13H,3-7H2,1-2H3. The molecule has 1 aromatic rings. The Morgan fingerprint density at radius 3 is 3.06 bits per heavy atom. The molecule has 1 N–H and O–H groups in total. The molecule has 1 aromatic heterocycles. The quantitative estimate of drug-likeness (QED) is 0.836. The van der Waals surface area contributed by atoms with Crippen molar-refractivity contribution in [3.63, 3.8) is 0 Å². The van der Waals surface area contributed by atoms with Crippen LogP contribution in [0.3, 0.4) is 0 Å². The van der Waals surface area contributed by atoms with Crippen LogP contribution in [0.25, 0.3) is 0 Å². The summed E-state index contributed by atoms with van der Waals surface area (Å²) in [5.74, 6) is 1.40. The summed E-state index contributed by atoms with van der Waals surface area (Å²) in [6, 6.07) is 0. The molecule has 88 valence electrons. The summed E-state index contributed by atoms with van der Waals surface area (Å²) in [6.45, 7) is 4.29. The van der Waals surface area contributed by atoms with Gasteiger partial charge in [-0.2, -0.15) is 0 Å². The second-order valence-corrected chi connectivity index (χ2v) is 4.37. The zero-order valence-electron chi connectivity index (χ0n) is 9.99. The zero-order chi connectivity index (χ0) is 11.4. The highest BCUT2D eigenvalue weighted by molar-refractivity contribution is 5.28. The Hall–Kier alpha value is -1.16. The minimum absolute atomic E-state index is 0.701. The molecule has 16 heavy (non-hydrogen) atoms. The average Bonchev–Trinajstić information content (AvgIpc) is 2.33. The molecule has 2 rings (SSSR count). The fourth-order valence-corrected chi connectivity index (χ4v) is 2.25. The lowest BCUT2D eigenvalue weighted by molar-refractivity contribution is 0.367. The number of piperidine rings is 1. The van der Waals surface area contributed by atoms with Gasteiger partial charge in [0.15, 0.2) is 0 Å². The van der Waals surface area contributed by atoms with Crippen molar-refractivity contribution in [3.8, 4) is 5.88 Å². The molecule has 0 aromatic carbocycles. The van der Waals surface area contributed by atoms with Crippen LogP contribution < -0.4 is 10.1 Å². The molecule has 1 fully saturated rings. The predicted octanol–water partition coefficient (Wildman–Crippen LogP) is 1.34. The summed E-state index contributed by atoms with van der Waals surface area (Å²) in [7, 11) is 1.65. The normalized spacial score (nSPS) is 20.8. The third-order valence-corrected chi connectivity index (χ3v) is 3.22. The van der Waals surface area contributed by atoms with E-state index in [1.807, 2.05) is 6.92 Å². The molecule has 0 bridgehead atoms. The van der Waals surface area contributed by atoms with Gasteiger partial charge in [-0.25, -0.2) is 9.97 Å². The molecule has 0 aliphatic carbocycles. The molecule has 4 nitrogen and oxygen atoms in total. The van der Waals surface area contributed by atoms with Gasteiger partial charge in [0.1, 0.15) is 6.33 Å². The van der Waals surface area contributed by atoms with Gasteiger partial charge in [0.2, 0.25) is 5.88 Å². The maximum Gasteiger partial charge on any atom is 0.219 e. The molecule has 1 aliphatic heterocycles. The molecule has 0 spiro atoms. The average molecular weight is 221 g/mol. The topological polar surface area (TPSA) is 47.0 Å². The first-order valence-electron chi connectivity index (χ1n) is 5.86. The second-order valence-electron chi connectivity index (χ2n) is 4.37. The molecular weight excluding hydrogens is 202 g/mol. The smallest absolute Gasteiger partial charge is 0.219 e. The van der Waals surface area contributed by atoms with Gasteiger partial charge < -0.3 is 10.1 Å². The summed E-state index contributed by atoms with van der Waals surface area (Å²) in [4.78, 5) is 8.46. The van der Waals surface area contributed by atoms with Crippen molar-refractivity contribution >= 4 is 0 Å². The van der Waals surface area contributed by atoms with Gasteiger partial charge in [0, 0.05) is 5.56 Å². The van der Waals surface area contributed by atoms with E-state index in [-0.39, 0.29) is 0 Å². The van der Waals surface area contributed by atoms with Gasteiger partial charge >= 0.3 is 0 Å². The Labute approximate surface area is 96.4 Å². The fourth-order valence-electron chi connectivity index (χ4n) is 2.25. The summed E-state index contributed by atoms with van der Waals surface area (Å²) in [6.07, 6.45) is 5.18. The molecule has 4 heteroatoms. The van der Waals surface area contributed by atoms with E-state index in [9.17, 15) is 0 Å². The SMILES string of the molecule is COc1ncnc(CC2CCCNC2)c1C. The van der Waals surface area contributed by atoms with Gasteiger partial charge in [-0.3, -0.25) is 0 Å². The van der Waals surface area contributed by atoms with Crippen LogP contribution in [0.2, 0.25) is 0 Å². The Kier molecular flexibility index (Phi) is 3.72. The first kappa shape index (κ1) is 11.3. The second kappa shape index (κ2) is 5.25. The van der Waals surface area contributed by atoms with Gasteiger partial charge in [-0.15, -0.1) is 0 Å². The monoisotopic (exact) mass is 221 g/mol. The Bertz CT molecular complexity index is 348. The Morgan fingerprint density at radius 1 is 1.50 bits per heavy atom. The number of nitrogens with zero attached hydrogens (tertiary/aromatic N) is 2. The summed E-state index contributed by atoms with van der Waals surface area (Å²) in [5.41, 5.74) is 2.20. The van der Waals surface area contributed by atoms with Crippen molar-refractivity contribution in [2.75, 3.05) is 20.2 Å². The third-order valence-electron chi connectivity index (χ3n) is 3.22.